The molecule has 0 aromatic heterocycles. The zero-order chi connectivity index (χ0) is 28.9. The van der Waals surface area contributed by atoms with Gasteiger partial charge in [-0.25, -0.2) is 8.42 Å². The van der Waals surface area contributed by atoms with Crippen molar-refractivity contribution in [1.29, 1.82) is 0 Å². The molecule has 2 aromatic carbocycles. The molecule has 0 amide bonds. The molecule has 3 nitrogen and oxygen atoms in total. The molecule has 0 radical (unpaired) electrons. The summed E-state index contributed by atoms with van der Waals surface area (Å²) in [4.78, 5) is -0.126. The van der Waals surface area contributed by atoms with Crippen LogP contribution in [0.1, 0.15) is 166 Å². The van der Waals surface area contributed by atoms with Crippen molar-refractivity contribution in [3.8, 4) is 0 Å². The Morgan fingerprint density at radius 3 is 1.39 bits per heavy atom. The zero-order valence-electron chi connectivity index (χ0n) is 27.0. The van der Waals surface area contributed by atoms with Gasteiger partial charge in [0.2, 0.25) is 0 Å². The minimum absolute atomic E-state index is 0. The molecule has 0 bridgehead atoms. The van der Waals surface area contributed by atoms with Crippen molar-refractivity contribution in [3.63, 3.8) is 0 Å². The van der Waals surface area contributed by atoms with E-state index in [9.17, 15) is 13.0 Å². The summed E-state index contributed by atoms with van der Waals surface area (Å²) in [6.45, 7) is 4.55. The van der Waals surface area contributed by atoms with E-state index >= 15 is 0 Å². The molecule has 0 aliphatic rings. The van der Waals surface area contributed by atoms with Crippen molar-refractivity contribution in [2.24, 2.45) is 0 Å². The van der Waals surface area contributed by atoms with Crippen molar-refractivity contribution in [1.82, 2.24) is 0 Å². The molecule has 0 atom stereocenters. The fourth-order valence-electron chi connectivity index (χ4n) is 6.05. The molecule has 0 heterocycles. The van der Waals surface area contributed by atoms with Gasteiger partial charge in [0.1, 0.15) is 10.1 Å². The van der Waals surface area contributed by atoms with E-state index in [0.717, 1.165) is 23.6 Å². The molecule has 0 spiro atoms. The maximum Gasteiger partial charge on any atom is 1.00 e. The van der Waals surface area contributed by atoms with Gasteiger partial charge in [0.25, 0.3) is 0 Å². The van der Waals surface area contributed by atoms with E-state index in [1.807, 2.05) is 12.1 Å². The Kier molecular flexibility index (Phi) is 23.5. The first-order valence-corrected chi connectivity index (χ1v) is 18.4. The van der Waals surface area contributed by atoms with Gasteiger partial charge in [-0.2, -0.15) is 0 Å². The maximum absolute atomic E-state index is 11.6. The molecule has 41 heavy (non-hydrogen) atoms. The summed E-state index contributed by atoms with van der Waals surface area (Å²) < 4.78 is 34.8. The molecular weight excluding hydrogens is 552 g/mol. The van der Waals surface area contributed by atoms with E-state index in [0.29, 0.717) is 0 Å². The Labute approximate surface area is 296 Å². The maximum atomic E-state index is 11.6. The number of benzene rings is 2. The molecule has 0 saturated heterocycles. The van der Waals surface area contributed by atoms with Gasteiger partial charge in [-0.3, -0.25) is 0 Å². The number of rotatable bonds is 25. The molecular formula is C36H59KO3S. The van der Waals surface area contributed by atoms with Gasteiger partial charge in [-0.1, -0.05) is 160 Å². The van der Waals surface area contributed by atoms with E-state index in [-0.39, 0.29) is 56.3 Å². The summed E-state index contributed by atoms with van der Waals surface area (Å²) >= 11 is 0. The van der Waals surface area contributed by atoms with Crippen LogP contribution in [-0.2, 0) is 23.0 Å². The standard InChI is InChI=1S/C36H60O3S.K/c1-3-5-7-9-11-13-15-17-19-21-23-25-32-27-28-33-31-34(40(37,38)39)29-30-36(33)35(32)26-24-22-20-18-16-14-12-10-8-6-4-2;/h27-31H,3-26H2,1-2H3,(H,37,38,39);/q;+1/p-1. The van der Waals surface area contributed by atoms with Gasteiger partial charge in [0.05, 0.1) is 4.90 Å². The summed E-state index contributed by atoms with van der Waals surface area (Å²) in [5.74, 6) is 0. The number of aryl methyl sites for hydroxylation is 2. The van der Waals surface area contributed by atoms with E-state index < -0.39 is 10.1 Å². The minimum Gasteiger partial charge on any atom is -0.744 e. The molecule has 5 heteroatoms. The summed E-state index contributed by atoms with van der Waals surface area (Å²) in [6.07, 6.45) is 31.6. The fraction of sp³-hybridized carbons (Fsp3) is 0.722. The minimum atomic E-state index is -4.44. The molecule has 0 saturated carbocycles. The van der Waals surface area contributed by atoms with Gasteiger partial charge in [0.15, 0.2) is 0 Å². The first-order chi connectivity index (χ1) is 19.5. The molecule has 0 unspecified atom stereocenters. The summed E-state index contributed by atoms with van der Waals surface area (Å²) in [7, 11) is -4.44. The van der Waals surface area contributed by atoms with Crippen molar-refractivity contribution in [2.45, 2.75) is 173 Å². The third-order valence-electron chi connectivity index (χ3n) is 8.57. The first-order valence-electron chi connectivity index (χ1n) is 17.0. The van der Waals surface area contributed by atoms with Crippen LogP contribution < -0.4 is 51.4 Å². The SMILES string of the molecule is CCCCCCCCCCCCCc1ccc2cc(S(=O)(=O)[O-])ccc2c1CCCCCCCCCCCCC.[K+]. The predicted octanol–water partition coefficient (Wildman–Crippen LogP) is 8.45. The second-order valence-corrected chi connectivity index (χ2v) is 13.5. The van der Waals surface area contributed by atoms with Gasteiger partial charge < -0.3 is 4.55 Å². The predicted molar refractivity (Wildman–Crippen MR) is 172 cm³/mol. The van der Waals surface area contributed by atoms with Crippen LogP contribution in [0.15, 0.2) is 35.2 Å². The quantitative estimate of drug-likeness (QED) is 0.0644. The van der Waals surface area contributed by atoms with Crippen LogP contribution in [0.5, 0.6) is 0 Å². The van der Waals surface area contributed by atoms with Gasteiger partial charge in [-0.05, 0) is 59.7 Å². The second kappa shape index (κ2) is 24.6. The number of unbranched alkanes of at least 4 members (excludes halogenated alkanes) is 20. The molecule has 0 aliphatic heterocycles. The Hall–Kier alpha value is 0.246. The summed E-state index contributed by atoms with van der Waals surface area (Å²) in [5.41, 5.74) is 2.78. The Bertz CT molecular complexity index is 1030. The smallest absolute Gasteiger partial charge is 0.744 e. The fourth-order valence-corrected chi connectivity index (χ4v) is 6.55. The van der Waals surface area contributed by atoms with Crippen molar-refractivity contribution >= 4 is 20.9 Å². The Balaban J connectivity index is 0.00000840. The van der Waals surface area contributed by atoms with Crippen LogP contribution >= 0.6 is 0 Å². The topological polar surface area (TPSA) is 57.2 Å². The first kappa shape index (κ1) is 39.3. The van der Waals surface area contributed by atoms with Gasteiger partial charge >= 0.3 is 51.4 Å². The number of hydrogen-bond donors (Lipinski definition) is 0. The van der Waals surface area contributed by atoms with Gasteiger partial charge in [-0.15, -0.1) is 0 Å². The molecule has 228 valence electrons. The number of hydrogen-bond acceptors (Lipinski definition) is 3. The Morgan fingerprint density at radius 1 is 0.537 bits per heavy atom. The second-order valence-electron chi connectivity index (χ2n) is 12.1. The normalized spacial score (nSPS) is 11.7. The summed E-state index contributed by atoms with van der Waals surface area (Å²) in [6, 6.07) is 9.14. The zero-order valence-corrected chi connectivity index (χ0v) is 30.9. The Morgan fingerprint density at radius 2 is 0.951 bits per heavy atom. The van der Waals surface area contributed by atoms with E-state index in [2.05, 4.69) is 19.9 Å². The monoisotopic (exact) mass is 610 g/mol. The average Bonchev–Trinajstić information content (AvgIpc) is 2.94. The third kappa shape index (κ3) is 17.4. The van der Waals surface area contributed by atoms with Crippen LogP contribution in [-0.4, -0.2) is 13.0 Å². The summed E-state index contributed by atoms with van der Waals surface area (Å²) in [5, 5.41) is 2.00. The largest absolute Gasteiger partial charge is 1.00 e. The van der Waals surface area contributed by atoms with E-state index in [1.165, 1.54) is 158 Å². The number of fused-ring (bicyclic) bond motifs is 1. The van der Waals surface area contributed by atoms with Crippen LogP contribution in [0.25, 0.3) is 10.8 Å². The van der Waals surface area contributed by atoms with Gasteiger partial charge in [0, 0.05) is 0 Å². The molecule has 0 aliphatic carbocycles. The van der Waals surface area contributed by atoms with E-state index in [1.54, 1.807) is 6.07 Å². The third-order valence-corrected chi connectivity index (χ3v) is 9.40. The van der Waals surface area contributed by atoms with Crippen LogP contribution in [0, 0.1) is 0 Å². The molecule has 2 aromatic rings. The average molecular weight is 611 g/mol. The van der Waals surface area contributed by atoms with Crippen molar-refractivity contribution < 1.29 is 64.4 Å². The molecule has 2 rings (SSSR count). The van der Waals surface area contributed by atoms with Crippen LogP contribution in [0.2, 0.25) is 0 Å². The van der Waals surface area contributed by atoms with E-state index in [4.69, 9.17) is 0 Å². The van der Waals surface area contributed by atoms with Crippen LogP contribution in [0.4, 0.5) is 0 Å². The molecule has 0 N–H and O–H groups in total. The van der Waals surface area contributed by atoms with Crippen molar-refractivity contribution in [3.05, 3.63) is 41.5 Å². The molecule has 0 fully saturated rings. The van der Waals surface area contributed by atoms with Crippen LogP contribution in [0.3, 0.4) is 0 Å². The van der Waals surface area contributed by atoms with Crippen molar-refractivity contribution in [2.75, 3.05) is 0 Å².